The number of hydrogen-bond donors (Lipinski definition) is 1. The van der Waals surface area contributed by atoms with Gasteiger partial charge < -0.3 is 10.1 Å². The van der Waals surface area contributed by atoms with Crippen LogP contribution in [0.1, 0.15) is 37.3 Å². The summed E-state index contributed by atoms with van der Waals surface area (Å²) < 4.78 is 5.28. The lowest BCUT2D eigenvalue weighted by Gasteiger charge is -2.30. The van der Waals surface area contributed by atoms with Gasteiger partial charge in [-0.25, -0.2) is 0 Å². The van der Waals surface area contributed by atoms with Crippen LogP contribution in [0.4, 0.5) is 0 Å². The summed E-state index contributed by atoms with van der Waals surface area (Å²) in [6.45, 7) is 0. The van der Waals surface area contributed by atoms with Gasteiger partial charge in [-0.2, -0.15) is 0 Å². The minimum atomic E-state index is 0.479. The molecule has 1 saturated carbocycles. The van der Waals surface area contributed by atoms with Crippen molar-refractivity contribution in [2.45, 2.75) is 31.7 Å². The largest absolute Gasteiger partial charge is 0.497 e. The highest BCUT2D eigenvalue weighted by Crippen LogP contribution is 2.35. The third-order valence-electron chi connectivity index (χ3n) is 4.62. The molecule has 0 bridgehead atoms. The molecule has 1 aliphatic carbocycles. The van der Waals surface area contributed by atoms with Gasteiger partial charge in [0.15, 0.2) is 0 Å². The molecule has 0 heterocycles. The topological polar surface area (TPSA) is 21.3 Å². The first kappa shape index (κ1) is 13.4. The molecule has 0 saturated heterocycles. The zero-order valence-corrected chi connectivity index (χ0v) is 12.4. The van der Waals surface area contributed by atoms with Crippen molar-refractivity contribution in [3.05, 3.63) is 42.0 Å². The molecule has 0 amide bonds. The summed E-state index contributed by atoms with van der Waals surface area (Å²) in [7, 11) is 3.78. The molecule has 1 fully saturated rings. The van der Waals surface area contributed by atoms with E-state index in [1.54, 1.807) is 7.11 Å². The molecule has 2 nitrogen and oxygen atoms in total. The highest BCUT2D eigenvalue weighted by Gasteiger charge is 2.22. The van der Waals surface area contributed by atoms with E-state index in [0.29, 0.717) is 6.04 Å². The van der Waals surface area contributed by atoms with Crippen LogP contribution in [0.5, 0.6) is 5.75 Å². The molecule has 3 rings (SSSR count). The fourth-order valence-corrected chi connectivity index (χ4v) is 3.07. The lowest BCUT2D eigenvalue weighted by Crippen LogP contribution is -2.23. The van der Waals surface area contributed by atoms with Crippen molar-refractivity contribution in [2.24, 2.45) is 5.92 Å². The number of benzene rings is 2. The molecule has 0 aliphatic heterocycles. The molecule has 1 N–H and O–H groups in total. The first-order valence-electron chi connectivity index (χ1n) is 7.55. The van der Waals surface area contributed by atoms with Crippen LogP contribution in [-0.2, 0) is 0 Å². The molecule has 0 radical (unpaired) electrons. The average Bonchev–Trinajstić information content (AvgIpc) is 2.45. The van der Waals surface area contributed by atoms with E-state index in [0.717, 1.165) is 11.7 Å². The standard InChI is InChI=1S/C18H23NO/c1-19-18(10-13-4-3-5-13)16-7-6-15-12-17(20-2)9-8-14(15)11-16/h6-9,11-13,18-19H,3-5,10H2,1-2H3. The number of rotatable bonds is 5. The molecule has 2 aromatic carbocycles. The average molecular weight is 269 g/mol. The third-order valence-corrected chi connectivity index (χ3v) is 4.62. The van der Waals surface area contributed by atoms with Gasteiger partial charge in [-0.05, 0) is 53.9 Å². The molecule has 0 aromatic heterocycles. The van der Waals surface area contributed by atoms with Crippen LogP contribution in [0, 0.1) is 5.92 Å². The summed E-state index contributed by atoms with van der Waals surface area (Å²) in [6, 6.07) is 13.5. The van der Waals surface area contributed by atoms with E-state index in [1.807, 2.05) is 6.07 Å². The van der Waals surface area contributed by atoms with Gasteiger partial charge in [0, 0.05) is 6.04 Å². The monoisotopic (exact) mass is 269 g/mol. The first-order chi connectivity index (χ1) is 9.80. The van der Waals surface area contributed by atoms with E-state index >= 15 is 0 Å². The zero-order chi connectivity index (χ0) is 13.9. The number of hydrogen-bond acceptors (Lipinski definition) is 2. The van der Waals surface area contributed by atoms with Gasteiger partial charge in [-0.3, -0.25) is 0 Å². The second kappa shape index (κ2) is 5.84. The highest BCUT2D eigenvalue weighted by atomic mass is 16.5. The molecular weight excluding hydrogens is 246 g/mol. The molecule has 1 unspecified atom stereocenters. The SMILES string of the molecule is CNC(CC1CCC1)c1ccc2cc(OC)ccc2c1. The van der Waals surface area contributed by atoms with Crippen molar-refractivity contribution < 1.29 is 4.74 Å². The first-order valence-corrected chi connectivity index (χ1v) is 7.55. The predicted molar refractivity (Wildman–Crippen MR) is 84.3 cm³/mol. The van der Waals surface area contributed by atoms with Crippen LogP contribution in [0.15, 0.2) is 36.4 Å². The van der Waals surface area contributed by atoms with E-state index in [2.05, 4.69) is 42.7 Å². The molecule has 20 heavy (non-hydrogen) atoms. The second-order valence-corrected chi connectivity index (χ2v) is 5.85. The van der Waals surface area contributed by atoms with Gasteiger partial charge in [-0.1, -0.05) is 37.5 Å². The normalized spacial score (nSPS) is 16.9. The molecule has 1 aliphatic rings. The predicted octanol–water partition coefficient (Wildman–Crippen LogP) is 4.30. The Hall–Kier alpha value is -1.54. The Morgan fingerprint density at radius 1 is 1.15 bits per heavy atom. The van der Waals surface area contributed by atoms with Crippen LogP contribution < -0.4 is 10.1 Å². The van der Waals surface area contributed by atoms with Crippen molar-refractivity contribution in [1.82, 2.24) is 5.32 Å². The summed E-state index contributed by atoms with van der Waals surface area (Å²) in [4.78, 5) is 0. The van der Waals surface area contributed by atoms with E-state index in [1.165, 1.54) is 42.0 Å². The van der Waals surface area contributed by atoms with Crippen LogP contribution in [0.3, 0.4) is 0 Å². The summed E-state index contributed by atoms with van der Waals surface area (Å²) in [5.74, 6) is 1.84. The fraction of sp³-hybridized carbons (Fsp3) is 0.444. The van der Waals surface area contributed by atoms with Crippen LogP contribution in [0.2, 0.25) is 0 Å². The smallest absolute Gasteiger partial charge is 0.119 e. The quantitative estimate of drug-likeness (QED) is 0.874. The van der Waals surface area contributed by atoms with Crippen molar-refractivity contribution >= 4 is 10.8 Å². The van der Waals surface area contributed by atoms with Gasteiger partial charge in [0.05, 0.1) is 7.11 Å². The third kappa shape index (κ3) is 2.66. The van der Waals surface area contributed by atoms with Gasteiger partial charge in [0.1, 0.15) is 5.75 Å². The molecule has 1 atom stereocenters. The molecular formula is C18H23NO. The second-order valence-electron chi connectivity index (χ2n) is 5.85. The van der Waals surface area contributed by atoms with Crippen LogP contribution in [-0.4, -0.2) is 14.2 Å². The van der Waals surface area contributed by atoms with E-state index in [-0.39, 0.29) is 0 Å². The van der Waals surface area contributed by atoms with E-state index < -0.39 is 0 Å². The Bertz CT molecular complexity index is 589. The molecule has 2 heteroatoms. The molecule has 2 aromatic rings. The number of nitrogens with one attached hydrogen (secondary N) is 1. The van der Waals surface area contributed by atoms with E-state index in [4.69, 9.17) is 4.74 Å². The summed E-state index contributed by atoms with van der Waals surface area (Å²) >= 11 is 0. The van der Waals surface area contributed by atoms with Crippen LogP contribution in [0.25, 0.3) is 10.8 Å². The lowest BCUT2D eigenvalue weighted by molar-refractivity contribution is 0.266. The maximum absolute atomic E-state index is 5.28. The number of fused-ring (bicyclic) bond motifs is 1. The maximum atomic E-state index is 5.28. The Balaban J connectivity index is 1.86. The minimum Gasteiger partial charge on any atom is -0.497 e. The Morgan fingerprint density at radius 2 is 1.90 bits per heavy atom. The zero-order valence-electron chi connectivity index (χ0n) is 12.4. The summed E-state index contributed by atoms with van der Waals surface area (Å²) in [5.41, 5.74) is 1.40. The maximum Gasteiger partial charge on any atom is 0.119 e. The van der Waals surface area contributed by atoms with Crippen molar-refractivity contribution in [2.75, 3.05) is 14.2 Å². The highest BCUT2D eigenvalue weighted by molar-refractivity contribution is 5.84. The summed E-state index contributed by atoms with van der Waals surface area (Å²) in [6.07, 6.45) is 5.49. The Morgan fingerprint density at radius 3 is 2.55 bits per heavy atom. The van der Waals surface area contributed by atoms with Crippen molar-refractivity contribution in [3.63, 3.8) is 0 Å². The van der Waals surface area contributed by atoms with Crippen molar-refractivity contribution in [3.8, 4) is 5.75 Å². The lowest BCUT2D eigenvalue weighted by atomic mass is 9.79. The van der Waals surface area contributed by atoms with Crippen LogP contribution >= 0.6 is 0 Å². The summed E-state index contributed by atoms with van der Waals surface area (Å²) in [5, 5.41) is 6.01. The molecule has 0 spiro atoms. The van der Waals surface area contributed by atoms with E-state index in [9.17, 15) is 0 Å². The fourth-order valence-electron chi connectivity index (χ4n) is 3.07. The number of ether oxygens (including phenoxy) is 1. The molecule has 106 valence electrons. The van der Waals surface area contributed by atoms with Gasteiger partial charge in [-0.15, -0.1) is 0 Å². The van der Waals surface area contributed by atoms with Gasteiger partial charge in [0.25, 0.3) is 0 Å². The van der Waals surface area contributed by atoms with Gasteiger partial charge in [0.2, 0.25) is 0 Å². The Labute approximate surface area is 121 Å². The number of methoxy groups -OCH3 is 1. The van der Waals surface area contributed by atoms with Gasteiger partial charge >= 0.3 is 0 Å². The minimum absolute atomic E-state index is 0.479. The Kier molecular flexibility index (Phi) is 3.93. The van der Waals surface area contributed by atoms with Crippen molar-refractivity contribution in [1.29, 1.82) is 0 Å².